The molecule has 0 radical (unpaired) electrons. The first-order valence-corrected chi connectivity index (χ1v) is 6.97. The van der Waals surface area contributed by atoms with Crippen molar-refractivity contribution in [1.82, 2.24) is 9.78 Å². The molecular formula is C15H17F3N4O2. The molecule has 2 rings (SSSR count). The van der Waals surface area contributed by atoms with Gasteiger partial charge in [-0.3, -0.25) is 5.32 Å². The quantitative estimate of drug-likeness (QED) is 0.813. The molecule has 1 aromatic carbocycles. The minimum atomic E-state index is -4.50. The van der Waals surface area contributed by atoms with Gasteiger partial charge in [0, 0.05) is 11.9 Å². The van der Waals surface area contributed by atoms with Crippen LogP contribution in [0.5, 0.6) is 0 Å². The first-order valence-electron chi connectivity index (χ1n) is 6.97. The van der Waals surface area contributed by atoms with Gasteiger partial charge in [-0.1, -0.05) is 0 Å². The van der Waals surface area contributed by atoms with Gasteiger partial charge >= 0.3 is 12.3 Å². The highest BCUT2D eigenvalue weighted by molar-refractivity contribution is 5.86. The predicted molar refractivity (Wildman–Crippen MR) is 82.8 cm³/mol. The fourth-order valence-electron chi connectivity index (χ4n) is 1.84. The Hall–Kier alpha value is -2.71. The number of nitrogens with two attached hydrogens (primary N) is 1. The van der Waals surface area contributed by atoms with E-state index in [1.165, 1.54) is 18.2 Å². The zero-order valence-electron chi connectivity index (χ0n) is 13.3. The number of nitrogens with one attached hydrogen (secondary N) is 1. The van der Waals surface area contributed by atoms with Crippen molar-refractivity contribution < 1.29 is 22.7 Å². The maximum absolute atomic E-state index is 12.7. The summed E-state index contributed by atoms with van der Waals surface area (Å²) >= 11 is 0. The summed E-state index contributed by atoms with van der Waals surface area (Å²) in [5.74, 6) is 0. The van der Waals surface area contributed by atoms with Crippen molar-refractivity contribution in [2.24, 2.45) is 0 Å². The number of amides is 1. The molecule has 0 aliphatic carbocycles. The van der Waals surface area contributed by atoms with E-state index in [1.54, 1.807) is 20.8 Å². The molecule has 130 valence electrons. The van der Waals surface area contributed by atoms with Crippen LogP contribution in [0, 0.1) is 0 Å². The highest BCUT2D eigenvalue weighted by Crippen LogP contribution is 2.30. The van der Waals surface area contributed by atoms with E-state index >= 15 is 0 Å². The number of nitrogens with zero attached hydrogens (tertiary/aromatic N) is 2. The smallest absolute Gasteiger partial charge is 0.419 e. The summed E-state index contributed by atoms with van der Waals surface area (Å²) < 4.78 is 44.1. The van der Waals surface area contributed by atoms with E-state index in [9.17, 15) is 18.0 Å². The van der Waals surface area contributed by atoms with E-state index in [0.717, 1.165) is 10.9 Å². The van der Waals surface area contributed by atoms with Gasteiger partial charge in [0.15, 0.2) is 0 Å². The third-order valence-corrected chi connectivity index (χ3v) is 2.83. The van der Waals surface area contributed by atoms with Crippen LogP contribution in [0.25, 0.3) is 5.69 Å². The first kappa shape index (κ1) is 17.6. The van der Waals surface area contributed by atoms with Crippen LogP contribution in [0.3, 0.4) is 0 Å². The van der Waals surface area contributed by atoms with Crippen molar-refractivity contribution in [3.63, 3.8) is 0 Å². The van der Waals surface area contributed by atoms with E-state index in [-0.39, 0.29) is 11.4 Å². The fraction of sp³-hybridized carbons (Fsp3) is 0.333. The molecule has 0 bridgehead atoms. The van der Waals surface area contributed by atoms with Crippen molar-refractivity contribution in [3.05, 3.63) is 36.2 Å². The second-order valence-corrected chi connectivity index (χ2v) is 6.07. The summed E-state index contributed by atoms with van der Waals surface area (Å²) in [6, 6.07) is 4.38. The maximum atomic E-state index is 12.7. The molecule has 6 nitrogen and oxygen atoms in total. The number of hydrogen-bond donors (Lipinski definition) is 2. The largest absolute Gasteiger partial charge is 0.444 e. The molecule has 0 saturated heterocycles. The van der Waals surface area contributed by atoms with E-state index in [0.29, 0.717) is 11.9 Å². The number of benzene rings is 1. The van der Waals surface area contributed by atoms with E-state index in [2.05, 4.69) is 10.4 Å². The van der Waals surface area contributed by atoms with Gasteiger partial charge in [-0.2, -0.15) is 18.3 Å². The number of aromatic nitrogens is 2. The molecule has 2 aromatic rings. The van der Waals surface area contributed by atoms with Gasteiger partial charge in [0.05, 0.1) is 23.1 Å². The zero-order valence-corrected chi connectivity index (χ0v) is 13.3. The van der Waals surface area contributed by atoms with Crippen molar-refractivity contribution in [1.29, 1.82) is 0 Å². The van der Waals surface area contributed by atoms with Gasteiger partial charge in [0.2, 0.25) is 0 Å². The standard InChI is InChI=1S/C15H17F3N4O2/c1-14(2,3)24-13(23)21-10-4-5-11(19)12(6-10)22-8-9(7-20-22)15(16,17)18/h4-8H,19H2,1-3H3,(H,21,23). The molecule has 1 amide bonds. The maximum Gasteiger partial charge on any atom is 0.419 e. The molecule has 1 aromatic heterocycles. The summed E-state index contributed by atoms with van der Waals surface area (Å²) in [7, 11) is 0. The van der Waals surface area contributed by atoms with Gasteiger partial charge in [-0.15, -0.1) is 0 Å². The topological polar surface area (TPSA) is 82.2 Å². The number of rotatable bonds is 2. The molecule has 0 fully saturated rings. The second kappa shape index (κ2) is 6.06. The summed E-state index contributed by atoms with van der Waals surface area (Å²) in [5, 5.41) is 6.16. The number of ether oxygens (including phenoxy) is 1. The number of carbonyl (C=O) groups excluding carboxylic acids is 1. The Morgan fingerprint density at radius 3 is 2.50 bits per heavy atom. The predicted octanol–water partition coefficient (Wildman–Crippen LogP) is 3.82. The van der Waals surface area contributed by atoms with Crippen molar-refractivity contribution in [3.8, 4) is 5.69 Å². The number of halogens is 3. The lowest BCUT2D eigenvalue weighted by molar-refractivity contribution is -0.137. The highest BCUT2D eigenvalue weighted by Gasteiger charge is 2.32. The van der Waals surface area contributed by atoms with Gasteiger partial charge < -0.3 is 10.5 Å². The molecule has 0 aliphatic rings. The molecular weight excluding hydrogens is 325 g/mol. The molecule has 0 aliphatic heterocycles. The van der Waals surface area contributed by atoms with Crippen LogP contribution in [0.2, 0.25) is 0 Å². The van der Waals surface area contributed by atoms with Crippen LogP contribution in [0.1, 0.15) is 26.3 Å². The van der Waals surface area contributed by atoms with E-state index in [4.69, 9.17) is 10.5 Å². The minimum absolute atomic E-state index is 0.207. The van der Waals surface area contributed by atoms with Crippen LogP contribution in [0.4, 0.5) is 29.3 Å². The van der Waals surface area contributed by atoms with Crippen molar-refractivity contribution in [2.45, 2.75) is 32.5 Å². The molecule has 0 spiro atoms. The first-order chi connectivity index (χ1) is 11.0. The third-order valence-electron chi connectivity index (χ3n) is 2.83. The molecule has 0 saturated carbocycles. The number of alkyl halides is 3. The molecule has 1 heterocycles. The van der Waals surface area contributed by atoms with Crippen LogP contribution >= 0.6 is 0 Å². The lowest BCUT2D eigenvalue weighted by Crippen LogP contribution is -2.27. The Labute approximate surface area is 136 Å². The normalized spacial score (nSPS) is 12.1. The van der Waals surface area contributed by atoms with Gasteiger partial charge in [0.1, 0.15) is 5.60 Å². The lowest BCUT2D eigenvalue weighted by atomic mass is 10.2. The summed E-state index contributed by atoms with van der Waals surface area (Å²) in [6.45, 7) is 5.14. The number of hydrogen-bond acceptors (Lipinski definition) is 4. The zero-order chi connectivity index (χ0) is 18.1. The van der Waals surface area contributed by atoms with Crippen molar-refractivity contribution >= 4 is 17.5 Å². The number of nitrogen functional groups attached to an aromatic ring is 1. The van der Waals surface area contributed by atoms with Crippen LogP contribution in [-0.2, 0) is 10.9 Å². The highest BCUT2D eigenvalue weighted by atomic mass is 19.4. The summed E-state index contributed by atoms with van der Waals surface area (Å²) in [4.78, 5) is 11.8. The summed E-state index contributed by atoms with van der Waals surface area (Å²) in [6.07, 6.45) is -3.66. The van der Waals surface area contributed by atoms with Crippen LogP contribution < -0.4 is 11.1 Å². The van der Waals surface area contributed by atoms with Crippen LogP contribution in [-0.4, -0.2) is 21.5 Å². The number of anilines is 2. The third kappa shape index (κ3) is 4.40. The monoisotopic (exact) mass is 342 g/mol. The average molecular weight is 342 g/mol. The molecule has 9 heteroatoms. The Morgan fingerprint density at radius 1 is 1.29 bits per heavy atom. The Balaban J connectivity index is 2.26. The molecule has 3 N–H and O–H groups in total. The van der Waals surface area contributed by atoms with E-state index < -0.39 is 23.4 Å². The molecule has 0 atom stereocenters. The molecule has 24 heavy (non-hydrogen) atoms. The van der Waals surface area contributed by atoms with Gasteiger partial charge in [-0.25, -0.2) is 9.48 Å². The fourth-order valence-corrected chi connectivity index (χ4v) is 1.84. The Bertz CT molecular complexity index is 748. The lowest BCUT2D eigenvalue weighted by Gasteiger charge is -2.20. The van der Waals surface area contributed by atoms with Crippen LogP contribution in [0.15, 0.2) is 30.6 Å². The van der Waals surface area contributed by atoms with Gasteiger partial charge in [-0.05, 0) is 39.0 Å². The van der Waals surface area contributed by atoms with Crippen molar-refractivity contribution in [2.75, 3.05) is 11.1 Å². The second-order valence-electron chi connectivity index (χ2n) is 6.07. The van der Waals surface area contributed by atoms with Gasteiger partial charge in [0.25, 0.3) is 0 Å². The Morgan fingerprint density at radius 2 is 1.96 bits per heavy atom. The minimum Gasteiger partial charge on any atom is -0.444 e. The Kier molecular flexibility index (Phi) is 4.46. The SMILES string of the molecule is CC(C)(C)OC(=O)Nc1ccc(N)c(-n2cc(C(F)(F)F)cn2)c1. The van der Waals surface area contributed by atoms with E-state index in [1.807, 2.05) is 0 Å². The average Bonchev–Trinajstić information content (AvgIpc) is 2.88. The summed E-state index contributed by atoms with van der Waals surface area (Å²) in [5.41, 5.74) is 4.95. The molecule has 0 unspecified atom stereocenters. The number of carbonyl (C=O) groups is 1.